The Morgan fingerprint density at radius 2 is 1.85 bits per heavy atom. The lowest BCUT2D eigenvalue weighted by Gasteiger charge is -2.20. The molecule has 0 saturated heterocycles. The lowest BCUT2D eigenvalue weighted by atomic mass is 10.1. The number of nitrogens with zero attached hydrogens (tertiary/aromatic N) is 1. The molecule has 1 atom stereocenters. The number of ether oxygens (including phenoxy) is 1. The molecule has 0 radical (unpaired) electrons. The number of hydrogen-bond donors (Lipinski definition) is 2. The highest BCUT2D eigenvalue weighted by atomic mass is 127. The van der Waals surface area contributed by atoms with E-state index in [1.165, 1.54) is 0 Å². The lowest BCUT2D eigenvalue weighted by molar-refractivity contribution is -0.173. The number of hydrogen-bond acceptors (Lipinski definition) is 2. The summed E-state index contributed by atoms with van der Waals surface area (Å²) >= 11 is 0. The van der Waals surface area contributed by atoms with Crippen LogP contribution in [-0.2, 0) is 4.74 Å². The molecule has 0 aromatic carbocycles. The second kappa shape index (κ2) is 11.4. The van der Waals surface area contributed by atoms with Crippen LogP contribution < -0.4 is 10.6 Å². The van der Waals surface area contributed by atoms with Crippen molar-refractivity contribution in [2.75, 3.05) is 26.8 Å². The van der Waals surface area contributed by atoms with Gasteiger partial charge in [-0.1, -0.05) is 13.8 Å². The van der Waals surface area contributed by atoms with Crippen LogP contribution in [0.5, 0.6) is 0 Å². The lowest BCUT2D eigenvalue weighted by Crippen LogP contribution is -2.44. The van der Waals surface area contributed by atoms with Crippen molar-refractivity contribution in [3.8, 4) is 0 Å². The van der Waals surface area contributed by atoms with Crippen molar-refractivity contribution in [3.05, 3.63) is 0 Å². The molecule has 122 valence electrons. The van der Waals surface area contributed by atoms with E-state index in [1.807, 2.05) is 6.92 Å². The molecular formula is C12H25F3IN3O. The first kappa shape index (κ1) is 22.0. The summed E-state index contributed by atoms with van der Waals surface area (Å²) in [6.07, 6.45) is -3.76. The normalized spacial score (nSPS) is 13.9. The molecule has 0 saturated carbocycles. The van der Waals surface area contributed by atoms with E-state index in [0.29, 0.717) is 24.8 Å². The van der Waals surface area contributed by atoms with E-state index in [0.717, 1.165) is 0 Å². The minimum absolute atomic E-state index is 0. The molecule has 2 N–H and O–H groups in total. The second-order valence-electron chi connectivity index (χ2n) is 4.70. The van der Waals surface area contributed by atoms with Crippen LogP contribution in [0.15, 0.2) is 4.99 Å². The van der Waals surface area contributed by atoms with Crippen molar-refractivity contribution in [1.82, 2.24) is 10.6 Å². The van der Waals surface area contributed by atoms with Gasteiger partial charge in [0.05, 0.1) is 0 Å². The fourth-order valence-corrected chi connectivity index (χ4v) is 1.15. The van der Waals surface area contributed by atoms with Gasteiger partial charge in [-0.25, -0.2) is 0 Å². The molecule has 4 nitrogen and oxygen atoms in total. The van der Waals surface area contributed by atoms with E-state index < -0.39 is 12.8 Å². The van der Waals surface area contributed by atoms with Crippen LogP contribution in [-0.4, -0.2) is 45.0 Å². The summed E-state index contributed by atoms with van der Waals surface area (Å²) in [4.78, 5) is 4.04. The molecule has 0 aliphatic heterocycles. The van der Waals surface area contributed by atoms with Crippen molar-refractivity contribution in [3.63, 3.8) is 0 Å². The topological polar surface area (TPSA) is 45.7 Å². The van der Waals surface area contributed by atoms with E-state index in [2.05, 4.69) is 34.2 Å². The first-order valence-corrected chi connectivity index (χ1v) is 6.38. The predicted octanol–water partition coefficient (Wildman–Crippen LogP) is 2.78. The average Bonchev–Trinajstić information content (AvgIpc) is 2.30. The van der Waals surface area contributed by atoms with Gasteiger partial charge in [0.1, 0.15) is 6.61 Å². The molecular weight excluding hydrogens is 386 g/mol. The first-order valence-electron chi connectivity index (χ1n) is 6.38. The summed E-state index contributed by atoms with van der Waals surface area (Å²) in [6, 6.07) is 0.271. The zero-order chi connectivity index (χ0) is 14.9. The van der Waals surface area contributed by atoms with E-state index in [4.69, 9.17) is 0 Å². The molecule has 0 heterocycles. The molecule has 0 rings (SSSR count). The maximum absolute atomic E-state index is 11.8. The summed E-state index contributed by atoms with van der Waals surface area (Å²) in [6.45, 7) is 5.63. The van der Waals surface area contributed by atoms with E-state index in [9.17, 15) is 13.2 Å². The number of guanidine groups is 1. The molecule has 0 amide bonds. The van der Waals surface area contributed by atoms with Crippen molar-refractivity contribution >= 4 is 29.9 Å². The quantitative estimate of drug-likeness (QED) is 0.293. The Bertz CT molecular complexity index is 273. The molecule has 0 aliphatic carbocycles. The highest BCUT2D eigenvalue weighted by Gasteiger charge is 2.27. The van der Waals surface area contributed by atoms with E-state index >= 15 is 0 Å². The molecule has 0 bridgehead atoms. The van der Waals surface area contributed by atoms with Gasteiger partial charge >= 0.3 is 6.18 Å². The fourth-order valence-electron chi connectivity index (χ4n) is 1.15. The van der Waals surface area contributed by atoms with E-state index in [-0.39, 0.29) is 36.6 Å². The standard InChI is InChI=1S/C12H24F3N3O.HI/c1-9(2)10(3)18-11(16-4)17-6-5-7-19-8-12(13,14)15;/h9-10H,5-8H2,1-4H3,(H2,16,17,18);1H. The van der Waals surface area contributed by atoms with Crippen molar-refractivity contribution in [2.24, 2.45) is 10.9 Å². The Kier molecular flexibility index (Phi) is 12.6. The second-order valence-corrected chi connectivity index (χ2v) is 4.70. The van der Waals surface area contributed by atoms with Crippen LogP contribution in [0.1, 0.15) is 27.2 Å². The summed E-state index contributed by atoms with van der Waals surface area (Å²) in [5.74, 6) is 1.12. The van der Waals surface area contributed by atoms with Gasteiger partial charge in [-0.15, -0.1) is 24.0 Å². The minimum Gasteiger partial charge on any atom is -0.372 e. The molecule has 20 heavy (non-hydrogen) atoms. The average molecular weight is 411 g/mol. The summed E-state index contributed by atoms with van der Waals surface area (Å²) < 4.78 is 39.9. The smallest absolute Gasteiger partial charge is 0.372 e. The maximum atomic E-state index is 11.8. The van der Waals surface area contributed by atoms with Crippen LogP contribution in [0.3, 0.4) is 0 Å². The largest absolute Gasteiger partial charge is 0.411 e. The summed E-state index contributed by atoms with van der Waals surface area (Å²) in [5, 5.41) is 6.23. The number of aliphatic imine (C=N–C) groups is 1. The van der Waals surface area contributed by atoms with Crippen molar-refractivity contribution < 1.29 is 17.9 Å². The van der Waals surface area contributed by atoms with Crippen LogP contribution in [0.25, 0.3) is 0 Å². The van der Waals surface area contributed by atoms with Crippen LogP contribution in [0, 0.1) is 5.92 Å². The van der Waals surface area contributed by atoms with Crippen LogP contribution in [0.4, 0.5) is 13.2 Å². The SMILES string of the molecule is CN=C(NCCCOCC(F)(F)F)NC(C)C(C)C.I. The van der Waals surface area contributed by atoms with Gasteiger partial charge in [0, 0.05) is 26.2 Å². The molecule has 0 aromatic rings. The monoisotopic (exact) mass is 411 g/mol. The molecule has 0 spiro atoms. The third-order valence-electron chi connectivity index (χ3n) is 2.61. The molecule has 1 unspecified atom stereocenters. The van der Waals surface area contributed by atoms with E-state index in [1.54, 1.807) is 7.05 Å². The minimum atomic E-state index is -4.25. The summed E-state index contributed by atoms with van der Waals surface area (Å²) in [7, 11) is 1.66. The predicted molar refractivity (Wildman–Crippen MR) is 85.7 cm³/mol. The van der Waals surface area contributed by atoms with Gasteiger partial charge in [-0.05, 0) is 19.3 Å². The highest BCUT2D eigenvalue weighted by molar-refractivity contribution is 14.0. The molecule has 0 fully saturated rings. The van der Waals surface area contributed by atoms with Crippen molar-refractivity contribution in [2.45, 2.75) is 39.4 Å². The highest BCUT2D eigenvalue weighted by Crippen LogP contribution is 2.14. The van der Waals surface area contributed by atoms with Crippen molar-refractivity contribution in [1.29, 1.82) is 0 Å². The van der Waals surface area contributed by atoms with Gasteiger partial charge in [0.2, 0.25) is 0 Å². The molecule has 0 aromatic heterocycles. The van der Waals surface area contributed by atoms with Gasteiger partial charge < -0.3 is 15.4 Å². The van der Waals surface area contributed by atoms with Gasteiger partial charge in [-0.2, -0.15) is 13.2 Å². The van der Waals surface area contributed by atoms with Gasteiger partial charge in [0.25, 0.3) is 0 Å². The number of rotatable bonds is 7. The Labute approximate surface area is 136 Å². The van der Waals surface area contributed by atoms with Gasteiger partial charge in [0.15, 0.2) is 5.96 Å². The number of halogens is 4. The maximum Gasteiger partial charge on any atom is 0.411 e. The summed E-state index contributed by atoms with van der Waals surface area (Å²) in [5.41, 5.74) is 0. The van der Waals surface area contributed by atoms with Gasteiger partial charge in [-0.3, -0.25) is 4.99 Å². The zero-order valence-electron chi connectivity index (χ0n) is 12.4. The Hall–Kier alpha value is -0.250. The molecule has 0 aliphatic rings. The third-order valence-corrected chi connectivity index (χ3v) is 2.61. The zero-order valence-corrected chi connectivity index (χ0v) is 14.7. The van der Waals surface area contributed by atoms with Crippen LogP contribution >= 0.6 is 24.0 Å². The molecule has 8 heteroatoms. The Morgan fingerprint density at radius 1 is 1.25 bits per heavy atom. The first-order chi connectivity index (χ1) is 8.76. The Morgan fingerprint density at radius 3 is 2.30 bits per heavy atom. The number of alkyl halides is 3. The number of nitrogens with one attached hydrogen (secondary N) is 2. The fraction of sp³-hybridized carbons (Fsp3) is 0.917. The third kappa shape index (κ3) is 12.8. The van der Waals surface area contributed by atoms with Crippen LogP contribution in [0.2, 0.25) is 0 Å². The Balaban J connectivity index is 0.